The van der Waals surface area contributed by atoms with Crippen molar-refractivity contribution in [3.8, 4) is 0 Å². The van der Waals surface area contributed by atoms with E-state index in [0.29, 0.717) is 13.0 Å². The van der Waals surface area contributed by atoms with Crippen LogP contribution in [0.2, 0.25) is 0 Å². The minimum atomic E-state index is -0.830. The van der Waals surface area contributed by atoms with Gasteiger partial charge in [-0.1, -0.05) is 81.3 Å². The molecule has 5 unspecified atom stereocenters. The molecule has 0 heterocycles. The molecular weight excluding hydrogens is 490 g/mol. The van der Waals surface area contributed by atoms with Crippen LogP contribution < -0.4 is 10.6 Å². The average molecular weight is 536 g/mol. The summed E-state index contributed by atoms with van der Waals surface area (Å²) in [6, 6.07) is 13.9. The number of benzene rings is 2. The Balaban J connectivity index is 2.02. The van der Waals surface area contributed by atoms with E-state index in [4.69, 9.17) is 4.74 Å². The highest BCUT2D eigenvalue weighted by atomic mass is 16.6. The third-order valence-corrected chi connectivity index (χ3v) is 7.39. The van der Waals surface area contributed by atoms with Gasteiger partial charge in [0.1, 0.15) is 17.7 Å². The van der Waals surface area contributed by atoms with E-state index in [1.165, 1.54) is 0 Å². The average Bonchev–Trinajstić information content (AvgIpc) is 3.59. The van der Waals surface area contributed by atoms with Crippen molar-refractivity contribution in [1.82, 2.24) is 15.5 Å². The Labute approximate surface area is 233 Å². The molecule has 0 aliphatic heterocycles. The van der Waals surface area contributed by atoms with Gasteiger partial charge < -0.3 is 20.3 Å². The number of nitrogens with zero attached hydrogens (tertiary/aromatic N) is 1. The van der Waals surface area contributed by atoms with Crippen LogP contribution in [0.4, 0.5) is 4.79 Å². The lowest BCUT2D eigenvalue weighted by molar-refractivity contribution is -0.144. The SMILES string of the molecule is CCC(C)C(NC(=O)OC(C)(C)C)C(=O)N(C(C(=O)NCc1ccccc1)c1ccc(C)cc1C)C1CC1C. The summed E-state index contributed by atoms with van der Waals surface area (Å²) in [7, 11) is 0. The molecule has 212 valence electrons. The number of ether oxygens (including phenoxy) is 1. The van der Waals surface area contributed by atoms with Crippen molar-refractivity contribution in [1.29, 1.82) is 0 Å². The molecular formula is C32H45N3O4. The summed E-state index contributed by atoms with van der Waals surface area (Å²) in [5, 5.41) is 5.93. The number of hydrogen-bond acceptors (Lipinski definition) is 4. The second-order valence-electron chi connectivity index (χ2n) is 12.0. The van der Waals surface area contributed by atoms with Crippen LogP contribution in [-0.4, -0.2) is 40.5 Å². The van der Waals surface area contributed by atoms with E-state index in [1.807, 2.05) is 76.2 Å². The zero-order valence-corrected chi connectivity index (χ0v) is 24.7. The second-order valence-corrected chi connectivity index (χ2v) is 12.0. The fourth-order valence-electron chi connectivity index (χ4n) is 4.88. The van der Waals surface area contributed by atoms with Gasteiger partial charge in [-0.3, -0.25) is 9.59 Å². The zero-order chi connectivity index (χ0) is 28.9. The smallest absolute Gasteiger partial charge is 0.408 e. The van der Waals surface area contributed by atoms with Crippen LogP contribution in [0, 0.1) is 25.7 Å². The molecule has 0 bridgehead atoms. The van der Waals surface area contributed by atoms with Crippen LogP contribution >= 0.6 is 0 Å². The van der Waals surface area contributed by atoms with Crippen LogP contribution in [0.25, 0.3) is 0 Å². The molecule has 0 aromatic heterocycles. The highest BCUT2D eigenvalue weighted by molar-refractivity contribution is 5.93. The predicted molar refractivity (Wildman–Crippen MR) is 154 cm³/mol. The molecule has 2 aromatic carbocycles. The molecule has 1 fully saturated rings. The predicted octanol–water partition coefficient (Wildman–Crippen LogP) is 5.84. The number of hydrogen-bond donors (Lipinski definition) is 2. The molecule has 0 radical (unpaired) electrons. The largest absolute Gasteiger partial charge is 0.444 e. The molecule has 7 heteroatoms. The van der Waals surface area contributed by atoms with E-state index in [2.05, 4.69) is 17.6 Å². The molecule has 7 nitrogen and oxygen atoms in total. The van der Waals surface area contributed by atoms with Gasteiger partial charge in [0.15, 0.2) is 0 Å². The molecule has 5 atom stereocenters. The Kier molecular flexibility index (Phi) is 9.81. The van der Waals surface area contributed by atoms with E-state index in [9.17, 15) is 14.4 Å². The first kappa shape index (κ1) is 30.2. The van der Waals surface area contributed by atoms with Crippen molar-refractivity contribution in [2.45, 2.75) is 98.5 Å². The van der Waals surface area contributed by atoms with Crippen LogP contribution in [-0.2, 0) is 20.9 Å². The van der Waals surface area contributed by atoms with Gasteiger partial charge in [-0.05, 0) is 69.6 Å². The summed E-state index contributed by atoms with van der Waals surface area (Å²) in [5.41, 5.74) is 3.10. The van der Waals surface area contributed by atoms with E-state index in [1.54, 1.807) is 25.7 Å². The monoisotopic (exact) mass is 535 g/mol. The first-order chi connectivity index (χ1) is 18.3. The number of alkyl carbamates (subject to hydrolysis) is 1. The van der Waals surface area contributed by atoms with Gasteiger partial charge in [-0.25, -0.2) is 4.79 Å². The normalized spacial score (nSPS) is 18.9. The number of carbonyl (C=O) groups is 3. The maximum atomic E-state index is 14.4. The van der Waals surface area contributed by atoms with Crippen molar-refractivity contribution >= 4 is 17.9 Å². The third kappa shape index (κ3) is 8.07. The lowest BCUT2D eigenvalue weighted by atomic mass is 9.93. The van der Waals surface area contributed by atoms with Gasteiger partial charge in [0, 0.05) is 12.6 Å². The Bertz CT molecular complexity index is 1160. The van der Waals surface area contributed by atoms with Gasteiger partial charge in [-0.2, -0.15) is 0 Å². The molecule has 1 aliphatic carbocycles. The molecule has 0 spiro atoms. The van der Waals surface area contributed by atoms with Gasteiger partial charge in [0.05, 0.1) is 0 Å². The second kappa shape index (κ2) is 12.7. The summed E-state index contributed by atoms with van der Waals surface area (Å²) in [5.74, 6) is -0.403. The quantitative estimate of drug-likeness (QED) is 0.400. The minimum absolute atomic E-state index is 0.0994. The maximum absolute atomic E-state index is 14.4. The van der Waals surface area contributed by atoms with Crippen LogP contribution in [0.1, 0.15) is 82.7 Å². The lowest BCUT2D eigenvalue weighted by Gasteiger charge is -2.37. The van der Waals surface area contributed by atoms with Crippen molar-refractivity contribution in [2.24, 2.45) is 11.8 Å². The highest BCUT2D eigenvalue weighted by Gasteiger charge is 2.49. The van der Waals surface area contributed by atoms with E-state index < -0.39 is 23.8 Å². The topological polar surface area (TPSA) is 87.7 Å². The third-order valence-electron chi connectivity index (χ3n) is 7.39. The Hall–Kier alpha value is -3.35. The Morgan fingerprint density at radius 3 is 2.26 bits per heavy atom. The van der Waals surface area contributed by atoms with Crippen molar-refractivity contribution in [3.05, 3.63) is 70.8 Å². The summed E-state index contributed by atoms with van der Waals surface area (Å²) >= 11 is 0. The van der Waals surface area contributed by atoms with Crippen LogP contribution in [0.3, 0.4) is 0 Å². The van der Waals surface area contributed by atoms with Crippen molar-refractivity contribution in [2.75, 3.05) is 0 Å². The van der Waals surface area contributed by atoms with Crippen LogP contribution in [0.15, 0.2) is 48.5 Å². The lowest BCUT2D eigenvalue weighted by Crippen LogP contribution is -2.56. The number of nitrogens with one attached hydrogen (secondary N) is 2. The molecule has 2 N–H and O–H groups in total. The van der Waals surface area contributed by atoms with E-state index in [-0.39, 0.29) is 29.7 Å². The zero-order valence-electron chi connectivity index (χ0n) is 24.7. The fraction of sp³-hybridized carbons (Fsp3) is 0.531. The van der Waals surface area contributed by atoms with Gasteiger partial charge in [0.25, 0.3) is 0 Å². The molecule has 2 aromatic rings. The minimum Gasteiger partial charge on any atom is -0.444 e. The molecule has 3 amide bonds. The first-order valence-corrected chi connectivity index (χ1v) is 14.0. The van der Waals surface area contributed by atoms with Crippen molar-refractivity contribution in [3.63, 3.8) is 0 Å². The summed E-state index contributed by atoms with van der Waals surface area (Å²) < 4.78 is 5.50. The van der Waals surface area contributed by atoms with Gasteiger partial charge in [0.2, 0.25) is 11.8 Å². The van der Waals surface area contributed by atoms with Gasteiger partial charge >= 0.3 is 6.09 Å². The van der Waals surface area contributed by atoms with E-state index >= 15 is 0 Å². The molecule has 39 heavy (non-hydrogen) atoms. The highest BCUT2D eigenvalue weighted by Crippen LogP contribution is 2.41. The molecule has 1 aliphatic rings. The maximum Gasteiger partial charge on any atom is 0.408 e. The number of aryl methyl sites for hydroxylation is 2. The Morgan fingerprint density at radius 1 is 1.08 bits per heavy atom. The summed E-state index contributed by atoms with van der Waals surface area (Å²) in [4.78, 5) is 43.0. The standard InChI is InChI=1S/C32H45N3O4/c1-9-21(3)27(34-31(38)39-32(6,7)8)30(37)35(26-18-23(26)5)28(25-16-15-20(2)17-22(25)4)29(36)33-19-24-13-11-10-12-14-24/h10-17,21,23,26-28H,9,18-19H2,1-8H3,(H,33,36)(H,34,38). The number of rotatable bonds is 10. The Morgan fingerprint density at radius 2 is 1.72 bits per heavy atom. The molecule has 3 rings (SSSR count). The molecule has 0 saturated heterocycles. The van der Waals surface area contributed by atoms with Gasteiger partial charge in [-0.15, -0.1) is 0 Å². The fourth-order valence-corrected chi connectivity index (χ4v) is 4.88. The van der Waals surface area contributed by atoms with E-state index in [0.717, 1.165) is 28.7 Å². The summed E-state index contributed by atoms with van der Waals surface area (Å²) in [6.07, 6.45) is 0.842. The van der Waals surface area contributed by atoms with Crippen molar-refractivity contribution < 1.29 is 19.1 Å². The number of amides is 3. The first-order valence-electron chi connectivity index (χ1n) is 14.0. The van der Waals surface area contributed by atoms with Crippen LogP contribution in [0.5, 0.6) is 0 Å². The summed E-state index contributed by atoms with van der Waals surface area (Å²) in [6.45, 7) is 15.7. The molecule has 1 saturated carbocycles. The number of carbonyl (C=O) groups excluding carboxylic acids is 3.